The highest BCUT2D eigenvalue weighted by Crippen LogP contribution is 2.28. The van der Waals surface area contributed by atoms with E-state index < -0.39 is 0 Å². The number of benzene rings is 3. The Morgan fingerprint density at radius 3 is 2.12 bits per heavy atom. The Kier molecular flexibility index (Phi) is 8.09. The van der Waals surface area contributed by atoms with Gasteiger partial charge in [0.2, 0.25) is 5.91 Å². The van der Waals surface area contributed by atoms with Crippen molar-refractivity contribution in [2.75, 3.05) is 31.1 Å². The standard InChI is InChI=1S/C27H27Cl2N3O2/c28-24-12-11-23(19-25(24)29)31-13-15-32(16-14-31)26(33)18-22(17-20-7-3-1-4-8-20)30-27(34)21-9-5-2-6-10-21/h1-12,19,22H,13-18H2,(H,30,34)/t22-/m1/s1. The van der Waals surface area contributed by atoms with Gasteiger partial charge < -0.3 is 15.1 Å². The van der Waals surface area contributed by atoms with Gasteiger partial charge in [-0.1, -0.05) is 71.7 Å². The molecule has 1 fully saturated rings. The number of hydrogen-bond acceptors (Lipinski definition) is 3. The van der Waals surface area contributed by atoms with Crippen LogP contribution in [0.15, 0.2) is 78.9 Å². The van der Waals surface area contributed by atoms with E-state index >= 15 is 0 Å². The molecule has 0 saturated carbocycles. The second kappa shape index (κ2) is 11.4. The van der Waals surface area contributed by atoms with Crippen LogP contribution >= 0.6 is 23.2 Å². The monoisotopic (exact) mass is 495 g/mol. The normalized spacial score (nSPS) is 14.5. The quantitative estimate of drug-likeness (QED) is 0.497. The average molecular weight is 496 g/mol. The highest BCUT2D eigenvalue weighted by molar-refractivity contribution is 6.42. The largest absolute Gasteiger partial charge is 0.368 e. The molecule has 3 aromatic rings. The van der Waals surface area contributed by atoms with Crippen molar-refractivity contribution in [3.63, 3.8) is 0 Å². The minimum atomic E-state index is -0.296. The summed E-state index contributed by atoms with van der Waals surface area (Å²) >= 11 is 12.2. The van der Waals surface area contributed by atoms with Crippen molar-refractivity contribution >= 4 is 40.7 Å². The van der Waals surface area contributed by atoms with Crippen molar-refractivity contribution in [2.24, 2.45) is 0 Å². The van der Waals surface area contributed by atoms with Gasteiger partial charge in [0.05, 0.1) is 10.0 Å². The van der Waals surface area contributed by atoms with E-state index in [1.807, 2.05) is 65.6 Å². The summed E-state index contributed by atoms with van der Waals surface area (Å²) in [6, 6.07) is 24.3. The molecule has 0 aromatic heterocycles. The Bertz CT molecular complexity index is 1120. The maximum absolute atomic E-state index is 13.2. The first-order valence-electron chi connectivity index (χ1n) is 11.4. The lowest BCUT2D eigenvalue weighted by molar-refractivity contribution is -0.131. The van der Waals surface area contributed by atoms with Crippen molar-refractivity contribution in [3.8, 4) is 0 Å². The van der Waals surface area contributed by atoms with E-state index in [2.05, 4.69) is 10.2 Å². The molecule has 0 aliphatic carbocycles. The Morgan fingerprint density at radius 1 is 0.824 bits per heavy atom. The fourth-order valence-electron chi connectivity index (χ4n) is 4.17. The van der Waals surface area contributed by atoms with Crippen LogP contribution in [0.25, 0.3) is 0 Å². The zero-order chi connectivity index (χ0) is 23.9. The molecule has 0 unspecified atom stereocenters. The van der Waals surface area contributed by atoms with Crippen molar-refractivity contribution in [2.45, 2.75) is 18.9 Å². The second-order valence-electron chi connectivity index (χ2n) is 8.40. The number of amides is 2. The number of nitrogens with zero attached hydrogens (tertiary/aromatic N) is 2. The third kappa shape index (κ3) is 6.31. The van der Waals surface area contributed by atoms with Gasteiger partial charge in [0.25, 0.3) is 5.91 Å². The summed E-state index contributed by atoms with van der Waals surface area (Å²) in [7, 11) is 0. The van der Waals surface area contributed by atoms with Crippen LogP contribution in [0.4, 0.5) is 5.69 Å². The van der Waals surface area contributed by atoms with Crippen LogP contribution in [0.3, 0.4) is 0 Å². The number of nitrogens with one attached hydrogen (secondary N) is 1. The summed E-state index contributed by atoms with van der Waals surface area (Å²) in [6.45, 7) is 2.65. The topological polar surface area (TPSA) is 52.7 Å². The lowest BCUT2D eigenvalue weighted by atomic mass is 10.0. The molecular weight excluding hydrogens is 469 g/mol. The Morgan fingerprint density at radius 2 is 1.47 bits per heavy atom. The lowest BCUT2D eigenvalue weighted by Gasteiger charge is -2.37. The van der Waals surface area contributed by atoms with Gasteiger partial charge in [0.1, 0.15) is 0 Å². The first-order valence-corrected chi connectivity index (χ1v) is 12.1. The Labute approximate surface area is 210 Å². The van der Waals surface area contributed by atoms with Crippen LogP contribution in [-0.4, -0.2) is 48.9 Å². The highest BCUT2D eigenvalue weighted by Gasteiger charge is 2.25. The van der Waals surface area contributed by atoms with Crippen LogP contribution in [0.2, 0.25) is 10.0 Å². The molecule has 0 radical (unpaired) electrons. The van der Waals surface area contributed by atoms with E-state index in [0.717, 1.165) is 11.3 Å². The predicted molar refractivity (Wildman–Crippen MR) is 138 cm³/mol. The molecule has 0 bridgehead atoms. The number of hydrogen-bond donors (Lipinski definition) is 1. The van der Waals surface area contributed by atoms with Gasteiger partial charge in [-0.05, 0) is 42.3 Å². The number of halogens is 2. The molecule has 4 rings (SSSR count). The Hall–Kier alpha value is -3.02. The van der Waals surface area contributed by atoms with E-state index in [4.69, 9.17) is 23.2 Å². The Balaban J connectivity index is 1.38. The molecule has 34 heavy (non-hydrogen) atoms. The van der Waals surface area contributed by atoms with E-state index in [1.54, 1.807) is 18.2 Å². The van der Waals surface area contributed by atoms with Gasteiger partial charge in [0.15, 0.2) is 0 Å². The molecule has 176 valence electrons. The molecule has 1 saturated heterocycles. The van der Waals surface area contributed by atoms with Gasteiger partial charge >= 0.3 is 0 Å². The zero-order valence-corrected chi connectivity index (χ0v) is 20.3. The second-order valence-corrected chi connectivity index (χ2v) is 9.21. The van der Waals surface area contributed by atoms with Crippen molar-refractivity contribution in [1.82, 2.24) is 10.2 Å². The van der Waals surface area contributed by atoms with E-state index in [0.29, 0.717) is 48.2 Å². The summed E-state index contributed by atoms with van der Waals surface area (Å²) in [5.41, 5.74) is 2.67. The van der Waals surface area contributed by atoms with Crippen LogP contribution in [-0.2, 0) is 11.2 Å². The lowest BCUT2D eigenvalue weighted by Crippen LogP contribution is -2.50. The molecule has 1 heterocycles. The minimum absolute atomic E-state index is 0.0445. The molecule has 1 aliphatic rings. The maximum Gasteiger partial charge on any atom is 0.251 e. The third-order valence-corrected chi connectivity index (χ3v) is 6.76. The molecular formula is C27H27Cl2N3O2. The molecule has 3 aromatic carbocycles. The fourth-order valence-corrected chi connectivity index (χ4v) is 4.46. The number of carbonyl (C=O) groups excluding carboxylic acids is 2. The van der Waals surface area contributed by atoms with E-state index in [9.17, 15) is 9.59 Å². The summed E-state index contributed by atoms with van der Waals surface area (Å²) < 4.78 is 0. The number of anilines is 1. The highest BCUT2D eigenvalue weighted by atomic mass is 35.5. The zero-order valence-electron chi connectivity index (χ0n) is 18.8. The van der Waals surface area contributed by atoms with Crippen molar-refractivity contribution in [1.29, 1.82) is 0 Å². The van der Waals surface area contributed by atoms with Crippen LogP contribution in [0, 0.1) is 0 Å². The van der Waals surface area contributed by atoms with Gasteiger partial charge in [-0.15, -0.1) is 0 Å². The molecule has 2 amide bonds. The number of rotatable bonds is 7. The first kappa shape index (κ1) is 24.1. The molecule has 1 atom stereocenters. The van der Waals surface area contributed by atoms with Crippen LogP contribution < -0.4 is 10.2 Å². The minimum Gasteiger partial charge on any atom is -0.368 e. The molecule has 7 heteroatoms. The summed E-state index contributed by atoms with van der Waals surface area (Å²) in [4.78, 5) is 30.0. The van der Waals surface area contributed by atoms with E-state index in [1.165, 1.54) is 0 Å². The van der Waals surface area contributed by atoms with Crippen molar-refractivity contribution in [3.05, 3.63) is 100 Å². The third-order valence-electron chi connectivity index (χ3n) is 6.02. The van der Waals surface area contributed by atoms with Gasteiger partial charge in [-0.2, -0.15) is 0 Å². The molecule has 0 spiro atoms. The first-order chi connectivity index (χ1) is 16.5. The van der Waals surface area contributed by atoms with Crippen LogP contribution in [0.5, 0.6) is 0 Å². The fraction of sp³-hybridized carbons (Fsp3) is 0.259. The van der Waals surface area contributed by atoms with Gasteiger partial charge in [-0.25, -0.2) is 0 Å². The molecule has 5 nitrogen and oxygen atoms in total. The SMILES string of the molecule is O=C(N[C@@H](CC(=O)N1CCN(c2ccc(Cl)c(Cl)c2)CC1)Cc1ccccc1)c1ccccc1. The average Bonchev–Trinajstić information content (AvgIpc) is 2.87. The summed E-state index contributed by atoms with van der Waals surface area (Å²) in [5, 5.41) is 4.13. The molecule has 1 N–H and O–H groups in total. The predicted octanol–water partition coefficient (Wildman–Crippen LogP) is 5.07. The van der Waals surface area contributed by atoms with Crippen LogP contribution in [0.1, 0.15) is 22.3 Å². The van der Waals surface area contributed by atoms with E-state index in [-0.39, 0.29) is 24.3 Å². The number of piperazine rings is 1. The van der Waals surface area contributed by atoms with Gasteiger partial charge in [-0.3, -0.25) is 9.59 Å². The van der Waals surface area contributed by atoms with Crippen molar-refractivity contribution < 1.29 is 9.59 Å². The van der Waals surface area contributed by atoms with Gasteiger partial charge in [0, 0.05) is 49.9 Å². The number of carbonyl (C=O) groups is 2. The molecule has 1 aliphatic heterocycles. The summed E-state index contributed by atoms with van der Waals surface area (Å²) in [6.07, 6.45) is 0.842. The summed E-state index contributed by atoms with van der Waals surface area (Å²) in [5.74, 6) is -0.123. The maximum atomic E-state index is 13.2. The smallest absolute Gasteiger partial charge is 0.251 e.